The molecule has 158 valence electrons. The van der Waals surface area contributed by atoms with Gasteiger partial charge in [-0.05, 0) is 23.6 Å². The van der Waals surface area contributed by atoms with Gasteiger partial charge in [-0.25, -0.2) is 8.42 Å². The normalized spacial score (nSPS) is 16.3. The first-order valence-corrected chi connectivity index (χ1v) is 11.6. The summed E-state index contributed by atoms with van der Waals surface area (Å²) in [6.07, 6.45) is 1.37. The second-order valence-electron chi connectivity index (χ2n) is 6.40. The van der Waals surface area contributed by atoms with Crippen LogP contribution in [0.3, 0.4) is 0 Å². The van der Waals surface area contributed by atoms with Crippen LogP contribution in [0.1, 0.15) is 11.0 Å². The summed E-state index contributed by atoms with van der Waals surface area (Å²) in [5.41, 5.74) is 0. The summed E-state index contributed by atoms with van der Waals surface area (Å²) < 4.78 is 36.5. The smallest absolute Gasteiger partial charge is 0.309 e. The Hall–Kier alpha value is -2.21. The molecule has 3 rings (SSSR count). The first-order valence-electron chi connectivity index (χ1n) is 9.15. The van der Waals surface area contributed by atoms with Gasteiger partial charge in [0, 0.05) is 32.7 Å². The maximum absolute atomic E-state index is 12.9. The Morgan fingerprint density at radius 3 is 2.55 bits per heavy atom. The second-order valence-corrected chi connectivity index (χ2v) is 9.71. The number of nitrogens with one attached hydrogen (secondary N) is 2. The third kappa shape index (κ3) is 5.66. The Bertz CT molecular complexity index is 890. The van der Waals surface area contributed by atoms with Gasteiger partial charge in [0.05, 0.1) is 19.5 Å². The number of amides is 2. The zero-order chi connectivity index (χ0) is 20.7. The molecule has 1 aliphatic heterocycles. The van der Waals surface area contributed by atoms with Crippen molar-refractivity contribution in [3.63, 3.8) is 0 Å². The van der Waals surface area contributed by atoms with Crippen LogP contribution < -0.4 is 10.6 Å². The number of carbonyl (C=O) groups excluding carboxylic acids is 2. The lowest BCUT2D eigenvalue weighted by molar-refractivity contribution is -0.139. The standard InChI is InChI=1S/C18H23N3O6S2/c22-17(19-5-6-21-7-10-26-11-8-21)18(23)20-13-15(14-3-1-9-27-14)29(24,25)16-4-2-12-28-16/h1-4,9,12,15H,5-8,10-11,13H2,(H,19,22)(H,20,23)/t15-/m1/s1. The van der Waals surface area contributed by atoms with Crippen molar-refractivity contribution in [2.75, 3.05) is 45.9 Å². The summed E-state index contributed by atoms with van der Waals surface area (Å²) in [5, 5.41) is 5.49. The number of hydrogen-bond donors (Lipinski definition) is 2. The Morgan fingerprint density at radius 1 is 1.14 bits per heavy atom. The molecule has 1 saturated heterocycles. The monoisotopic (exact) mass is 441 g/mol. The van der Waals surface area contributed by atoms with Crippen molar-refractivity contribution in [2.45, 2.75) is 9.46 Å². The minimum absolute atomic E-state index is 0.170. The molecule has 0 saturated carbocycles. The van der Waals surface area contributed by atoms with Gasteiger partial charge in [-0.1, -0.05) is 6.07 Å². The van der Waals surface area contributed by atoms with Gasteiger partial charge in [0.1, 0.15) is 15.2 Å². The van der Waals surface area contributed by atoms with Gasteiger partial charge in [-0.2, -0.15) is 0 Å². The van der Waals surface area contributed by atoms with Crippen molar-refractivity contribution < 1.29 is 27.2 Å². The van der Waals surface area contributed by atoms with E-state index in [4.69, 9.17) is 9.15 Å². The molecule has 3 heterocycles. The third-order valence-corrected chi connectivity index (χ3v) is 7.97. The molecule has 0 aromatic carbocycles. The molecule has 11 heteroatoms. The van der Waals surface area contributed by atoms with E-state index in [9.17, 15) is 18.0 Å². The highest BCUT2D eigenvalue weighted by Gasteiger charge is 2.33. The molecule has 0 bridgehead atoms. The lowest BCUT2D eigenvalue weighted by Crippen LogP contribution is -2.46. The van der Waals surface area contributed by atoms with Crippen LogP contribution in [0.25, 0.3) is 0 Å². The average molecular weight is 442 g/mol. The summed E-state index contributed by atoms with van der Waals surface area (Å²) in [4.78, 5) is 26.3. The molecule has 0 aliphatic carbocycles. The third-order valence-electron chi connectivity index (χ3n) is 4.48. The molecule has 1 aliphatic rings. The van der Waals surface area contributed by atoms with Crippen LogP contribution >= 0.6 is 11.3 Å². The van der Waals surface area contributed by atoms with E-state index in [-0.39, 0.29) is 16.5 Å². The molecule has 0 unspecified atom stereocenters. The summed E-state index contributed by atoms with van der Waals surface area (Å²) in [6, 6.07) is 6.24. The number of sulfone groups is 1. The van der Waals surface area contributed by atoms with E-state index >= 15 is 0 Å². The maximum atomic E-state index is 12.9. The fraction of sp³-hybridized carbons (Fsp3) is 0.444. The zero-order valence-corrected chi connectivity index (χ0v) is 17.3. The summed E-state index contributed by atoms with van der Waals surface area (Å²) in [6.45, 7) is 3.54. The van der Waals surface area contributed by atoms with Crippen LogP contribution in [0, 0.1) is 0 Å². The number of rotatable bonds is 8. The van der Waals surface area contributed by atoms with Crippen LogP contribution in [0.5, 0.6) is 0 Å². The van der Waals surface area contributed by atoms with Crippen LogP contribution in [0.4, 0.5) is 0 Å². The molecule has 0 radical (unpaired) electrons. The molecular formula is C18H23N3O6S2. The minimum atomic E-state index is -3.77. The fourth-order valence-corrected chi connectivity index (χ4v) is 5.69. The van der Waals surface area contributed by atoms with Gasteiger partial charge >= 0.3 is 11.8 Å². The van der Waals surface area contributed by atoms with Crippen molar-refractivity contribution in [2.24, 2.45) is 0 Å². The van der Waals surface area contributed by atoms with Crippen LogP contribution in [0.2, 0.25) is 0 Å². The Kier molecular flexibility index (Phi) is 7.42. The molecule has 2 amide bonds. The number of carbonyl (C=O) groups is 2. The van der Waals surface area contributed by atoms with E-state index in [0.29, 0.717) is 26.3 Å². The predicted molar refractivity (Wildman–Crippen MR) is 106 cm³/mol. The number of furan rings is 1. The van der Waals surface area contributed by atoms with Gasteiger partial charge in [0.25, 0.3) is 0 Å². The molecule has 9 nitrogen and oxygen atoms in total. The molecule has 2 aromatic rings. The van der Waals surface area contributed by atoms with E-state index in [0.717, 1.165) is 24.4 Å². The van der Waals surface area contributed by atoms with Crippen molar-refractivity contribution in [1.29, 1.82) is 0 Å². The summed E-state index contributed by atoms with van der Waals surface area (Å²) >= 11 is 1.09. The Labute approximate surface area is 172 Å². The molecule has 0 spiro atoms. The summed E-state index contributed by atoms with van der Waals surface area (Å²) in [5.74, 6) is -1.48. The van der Waals surface area contributed by atoms with E-state index < -0.39 is 26.9 Å². The van der Waals surface area contributed by atoms with Crippen molar-refractivity contribution >= 4 is 33.0 Å². The average Bonchev–Trinajstić information content (AvgIpc) is 3.43. The lowest BCUT2D eigenvalue weighted by Gasteiger charge is -2.26. The summed E-state index contributed by atoms with van der Waals surface area (Å²) in [7, 11) is -3.77. The minimum Gasteiger partial charge on any atom is -0.468 e. The fourth-order valence-electron chi connectivity index (χ4n) is 2.90. The largest absolute Gasteiger partial charge is 0.468 e. The van der Waals surface area contributed by atoms with E-state index in [2.05, 4.69) is 15.5 Å². The van der Waals surface area contributed by atoms with E-state index in [1.807, 2.05) is 0 Å². The number of nitrogens with zero attached hydrogens (tertiary/aromatic N) is 1. The van der Waals surface area contributed by atoms with Gasteiger partial charge < -0.3 is 19.8 Å². The van der Waals surface area contributed by atoms with Gasteiger partial charge in [-0.3, -0.25) is 14.5 Å². The quantitative estimate of drug-likeness (QED) is 0.570. The second kappa shape index (κ2) is 10.0. The number of hydrogen-bond acceptors (Lipinski definition) is 8. The number of thiophene rings is 1. The highest BCUT2D eigenvalue weighted by atomic mass is 32.2. The highest BCUT2D eigenvalue weighted by molar-refractivity contribution is 7.93. The van der Waals surface area contributed by atoms with Gasteiger partial charge in [0.2, 0.25) is 0 Å². The van der Waals surface area contributed by atoms with Crippen LogP contribution in [-0.2, 0) is 24.2 Å². The molecular weight excluding hydrogens is 418 g/mol. The molecule has 2 N–H and O–H groups in total. The predicted octanol–water partition coefficient (Wildman–Crippen LogP) is 0.421. The zero-order valence-electron chi connectivity index (χ0n) is 15.7. The number of ether oxygens (including phenoxy) is 1. The van der Waals surface area contributed by atoms with Crippen molar-refractivity contribution in [3.05, 3.63) is 41.7 Å². The highest BCUT2D eigenvalue weighted by Crippen LogP contribution is 2.31. The Balaban J connectivity index is 1.55. The maximum Gasteiger partial charge on any atom is 0.309 e. The first-order chi connectivity index (χ1) is 14.0. The molecule has 1 atom stereocenters. The van der Waals surface area contributed by atoms with Crippen LogP contribution in [-0.4, -0.2) is 71.1 Å². The first kappa shape index (κ1) is 21.5. The SMILES string of the molecule is O=C(NCCN1CCOCC1)C(=O)NC[C@H](c1ccco1)S(=O)(=O)c1cccs1. The van der Waals surface area contributed by atoms with Crippen molar-refractivity contribution in [1.82, 2.24) is 15.5 Å². The topological polar surface area (TPSA) is 118 Å². The molecule has 1 fully saturated rings. The van der Waals surface area contributed by atoms with E-state index in [1.165, 1.54) is 18.4 Å². The van der Waals surface area contributed by atoms with E-state index in [1.54, 1.807) is 17.5 Å². The van der Waals surface area contributed by atoms with Crippen molar-refractivity contribution in [3.8, 4) is 0 Å². The molecule has 29 heavy (non-hydrogen) atoms. The van der Waals surface area contributed by atoms with Gasteiger partial charge in [-0.15, -0.1) is 11.3 Å². The van der Waals surface area contributed by atoms with Crippen LogP contribution in [0.15, 0.2) is 44.5 Å². The lowest BCUT2D eigenvalue weighted by atomic mass is 10.3. The Morgan fingerprint density at radius 2 is 1.90 bits per heavy atom. The van der Waals surface area contributed by atoms with Gasteiger partial charge in [0.15, 0.2) is 9.84 Å². The molecule has 2 aromatic heterocycles. The number of morpholine rings is 1.